The molecule has 1 saturated heterocycles. The van der Waals surface area contributed by atoms with Crippen LogP contribution in [0.1, 0.15) is 26.3 Å². The number of carbonyl (C=O) groups excluding carboxylic acids is 2. The van der Waals surface area contributed by atoms with E-state index in [0.29, 0.717) is 18.7 Å². The highest BCUT2D eigenvalue weighted by molar-refractivity contribution is 5.96. The molecule has 0 radical (unpaired) electrons. The monoisotopic (exact) mass is 438 g/mol. The molecule has 0 N–H and O–H groups in total. The molecule has 0 unspecified atom stereocenters. The van der Waals surface area contributed by atoms with Crippen LogP contribution in [0.5, 0.6) is 0 Å². The predicted molar refractivity (Wildman–Crippen MR) is 115 cm³/mol. The third kappa shape index (κ3) is 4.66. The number of piperazine rings is 1. The predicted octanol–water partition coefficient (Wildman–Crippen LogP) is 4.97. The molecule has 1 fully saturated rings. The van der Waals surface area contributed by atoms with Crippen LogP contribution >= 0.6 is 0 Å². The fraction of sp³-hybridized carbons (Fsp3) is 0.200. The molecule has 7 heteroatoms. The number of hydrogen-bond donors (Lipinski definition) is 0. The van der Waals surface area contributed by atoms with E-state index in [1.165, 1.54) is 17.0 Å². The largest absolute Gasteiger partial charge is 0.416 e. The Morgan fingerprint density at radius 3 is 1.72 bits per heavy atom. The van der Waals surface area contributed by atoms with Gasteiger partial charge >= 0.3 is 6.18 Å². The summed E-state index contributed by atoms with van der Waals surface area (Å²) < 4.78 is 38.8. The van der Waals surface area contributed by atoms with Crippen molar-refractivity contribution in [2.45, 2.75) is 6.18 Å². The molecule has 2 amide bonds. The van der Waals surface area contributed by atoms with E-state index in [9.17, 15) is 22.8 Å². The number of benzene rings is 3. The average Bonchev–Trinajstić information content (AvgIpc) is 2.83. The van der Waals surface area contributed by atoms with E-state index in [1.807, 2.05) is 42.5 Å². The molecule has 0 saturated carbocycles. The normalized spacial score (nSPS) is 14.3. The summed E-state index contributed by atoms with van der Waals surface area (Å²) >= 11 is 0. The number of amides is 2. The van der Waals surface area contributed by atoms with Crippen molar-refractivity contribution in [3.8, 4) is 11.1 Å². The van der Waals surface area contributed by atoms with Crippen LogP contribution in [0.15, 0.2) is 78.9 Å². The molecule has 3 aromatic carbocycles. The lowest BCUT2D eigenvalue weighted by Crippen LogP contribution is -2.50. The van der Waals surface area contributed by atoms with Gasteiger partial charge in [0.25, 0.3) is 11.8 Å². The van der Waals surface area contributed by atoms with Gasteiger partial charge in [-0.1, -0.05) is 48.5 Å². The lowest BCUT2D eigenvalue weighted by Gasteiger charge is -2.35. The van der Waals surface area contributed by atoms with Gasteiger partial charge in [0.15, 0.2) is 0 Å². The molecule has 1 aliphatic heterocycles. The van der Waals surface area contributed by atoms with Gasteiger partial charge in [-0.3, -0.25) is 9.59 Å². The summed E-state index contributed by atoms with van der Waals surface area (Å²) in [7, 11) is 0. The zero-order valence-corrected chi connectivity index (χ0v) is 17.2. The summed E-state index contributed by atoms with van der Waals surface area (Å²) in [5.74, 6) is -0.591. The van der Waals surface area contributed by atoms with E-state index in [1.54, 1.807) is 17.0 Å². The van der Waals surface area contributed by atoms with Crippen molar-refractivity contribution in [1.82, 2.24) is 9.80 Å². The quantitative estimate of drug-likeness (QED) is 0.579. The number of rotatable bonds is 3. The van der Waals surface area contributed by atoms with Crippen LogP contribution in [-0.2, 0) is 6.18 Å². The Labute approximate surface area is 183 Å². The van der Waals surface area contributed by atoms with Crippen molar-refractivity contribution in [3.63, 3.8) is 0 Å². The summed E-state index contributed by atoms with van der Waals surface area (Å²) in [6.07, 6.45) is -4.50. The molecular weight excluding hydrogens is 417 g/mol. The van der Waals surface area contributed by atoms with Gasteiger partial charge in [0, 0.05) is 37.3 Å². The van der Waals surface area contributed by atoms with Gasteiger partial charge in [-0.2, -0.15) is 13.2 Å². The second kappa shape index (κ2) is 8.86. The first-order valence-corrected chi connectivity index (χ1v) is 10.2. The second-order valence-corrected chi connectivity index (χ2v) is 7.61. The fourth-order valence-corrected chi connectivity index (χ4v) is 3.74. The maximum Gasteiger partial charge on any atom is 0.416 e. The van der Waals surface area contributed by atoms with Crippen molar-refractivity contribution in [1.29, 1.82) is 0 Å². The number of nitrogens with zero attached hydrogens (tertiary/aromatic N) is 2. The minimum atomic E-state index is -4.50. The molecule has 1 heterocycles. The number of carbonyl (C=O) groups is 2. The van der Waals surface area contributed by atoms with Gasteiger partial charge in [0.1, 0.15) is 0 Å². The van der Waals surface area contributed by atoms with Crippen molar-refractivity contribution >= 4 is 11.8 Å². The van der Waals surface area contributed by atoms with E-state index in [2.05, 4.69) is 0 Å². The molecule has 0 bridgehead atoms. The zero-order valence-electron chi connectivity index (χ0n) is 17.2. The highest BCUT2D eigenvalue weighted by atomic mass is 19.4. The summed E-state index contributed by atoms with van der Waals surface area (Å²) in [6.45, 7) is 1.18. The van der Waals surface area contributed by atoms with Gasteiger partial charge in [-0.05, 0) is 41.5 Å². The molecule has 4 nitrogen and oxygen atoms in total. The highest BCUT2D eigenvalue weighted by Gasteiger charge is 2.32. The first kappa shape index (κ1) is 21.6. The Morgan fingerprint density at radius 1 is 0.625 bits per heavy atom. The summed E-state index contributed by atoms with van der Waals surface area (Å²) in [6, 6.07) is 21.6. The molecule has 1 aliphatic rings. The van der Waals surface area contributed by atoms with Crippen molar-refractivity contribution in [2.75, 3.05) is 26.2 Å². The summed E-state index contributed by atoms with van der Waals surface area (Å²) in [5, 5.41) is 0. The fourth-order valence-electron chi connectivity index (χ4n) is 3.74. The maximum absolute atomic E-state index is 12.9. The molecule has 4 rings (SSSR count). The van der Waals surface area contributed by atoms with Gasteiger partial charge < -0.3 is 9.80 Å². The Morgan fingerprint density at radius 2 is 1.16 bits per heavy atom. The van der Waals surface area contributed by atoms with E-state index < -0.39 is 17.6 Å². The van der Waals surface area contributed by atoms with E-state index >= 15 is 0 Å². The Bertz CT molecular complexity index is 1100. The highest BCUT2D eigenvalue weighted by Crippen LogP contribution is 2.30. The van der Waals surface area contributed by atoms with Crippen molar-refractivity contribution in [3.05, 3.63) is 95.6 Å². The maximum atomic E-state index is 12.9. The van der Waals surface area contributed by atoms with Gasteiger partial charge in [-0.15, -0.1) is 0 Å². The number of alkyl halides is 3. The van der Waals surface area contributed by atoms with E-state index in [0.717, 1.165) is 23.3 Å². The van der Waals surface area contributed by atoms with Crippen LogP contribution in [0.4, 0.5) is 13.2 Å². The van der Waals surface area contributed by atoms with Gasteiger partial charge in [0.05, 0.1) is 5.56 Å². The molecule has 0 aliphatic carbocycles. The standard InChI is InChI=1S/C25H21F3N2O2/c26-25(27,28)22-8-4-7-21(17-22)24(32)30-15-13-29(14-16-30)23(31)20-11-9-19(10-12-20)18-5-2-1-3-6-18/h1-12,17H,13-16H2. The third-order valence-electron chi connectivity index (χ3n) is 5.53. The van der Waals surface area contributed by atoms with Crippen LogP contribution in [0.2, 0.25) is 0 Å². The molecule has 164 valence electrons. The third-order valence-corrected chi connectivity index (χ3v) is 5.53. The SMILES string of the molecule is O=C(c1ccc(-c2ccccc2)cc1)N1CCN(C(=O)c2cccc(C(F)(F)F)c2)CC1. The Kier molecular flexibility index (Phi) is 5.99. The molecule has 0 spiro atoms. The van der Waals surface area contributed by atoms with Gasteiger partial charge in [0.2, 0.25) is 0 Å². The van der Waals surface area contributed by atoms with Crippen LogP contribution < -0.4 is 0 Å². The summed E-state index contributed by atoms with van der Waals surface area (Å²) in [4.78, 5) is 28.6. The molecule has 0 aromatic heterocycles. The van der Waals surface area contributed by atoms with Crippen molar-refractivity contribution in [2.24, 2.45) is 0 Å². The Balaban J connectivity index is 1.38. The van der Waals surface area contributed by atoms with Crippen LogP contribution in [-0.4, -0.2) is 47.8 Å². The topological polar surface area (TPSA) is 40.6 Å². The first-order valence-electron chi connectivity index (χ1n) is 10.2. The first-order chi connectivity index (χ1) is 15.3. The van der Waals surface area contributed by atoms with Crippen LogP contribution in [0.25, 0.3) is 11.1 Å². The zero-order chi connectivity index (χ0) is 22.7. The summed E-state index contributed by atoms with van der Waals surface area (Å²) in [5.41, 5.74) is 1.78. The van der Waals surface area contributed by atoms with Crippen LogP contribution in [0.3, 0.4) is 0 Å². The lowest BCUT2D eigenvalue weighted by molar-refractivity contribution is -0.137. The molecule has 3 aromatic rings. The molecule has 32 heavy (non-hydrogen) atoms. The Hall–Kier alpha value is -3.61. The molecular formula is C25H21F3N2O2. The minimum absolute atomic E-state index is 0.00361. The second-order valence-electron chi connectivity index (χ2n) is 7.61. The smallest absolute Gasteiger partial charge is 0.335 e. The number of halogens is 3. The van der Waals surface area contributed by atoms with Crippen molar-refractivity contribution < 1.29 is 22.8 Å². The molecule has 0 atom stereocenters. The van der Waals surface area contributed by atoms with Gasteiger partial charge in [-0.25, -0.2) is 0 Å². The van der Waals surface area contributed by atoms with E-state index in [4.69, 9.17) is 0 Å². The van der Waals surface area contributed by atoms with Crippen LogP contribution in [0, 0.1) is 0 Å². The number of hydrogen-bond acceptors (Lipinski definition) is 2. The lowest BCUT2D eigenvalue weighted by atomic mass is 10.0. The van der Waals surface area contributed by atoms with E-state index in [-0.39, 0.29) is 24.6 Å². The minimum Gasteiger partial charge on any atom is -0.335 e. The average molecular weight is 438 g/mol.